The Labute approximate surface area is 196 Å². The Bertz CT molecular complexity index is 1180. The second kappa shape index (κ2) is 10.0. The number of rotatable bonds is 4. The molecular weight excluding hydrogens is 442 g/mol. The van der Waals surface area contributed by atoms with E-state index in [-0.39, 0.29) is 23.6 Å². The van der Waals surface area contributed by atoms with Crippen LogP contribution in [0.3, 0.4) is 0 Å². The molecule has 1 heterocycles. The van der Waals surface area contributed by atoms with Crippen LogP contribution in [0.1, 0.15) is 38.7 Å². The van der Waals surface area contributed by atoms with Gasteiger partial charge in [-0.25, -0.2) is 0 Å². The summed E-state index contributed by atoms with van der Waals surface area (Å²) in [5.74, 6) is -0.475. The minimum absolute atomic E-state index is 0.136. The van der Waals surface area contributed by atoms with Crippen LogP contribution in [0, 0.1) is 6.92 Å². The number of carbonyl (C=O) groups excluding carboxylic acids is 2. The number of hydrogen-bond acceptors (Lipinski definition) is 4. The van der Waals surface area contributed by atoms with E-state index >= 15 is 0 Å². The van der Waals surface area contributed by atoms with Gasteiger partial charge < -0.3 is 0 Å². The number of halogens is 1. The standard InChI is InChI=1S/C25H22ClN3O2S/c1-16-6-2-4-8-20(16)25(31)29-28-22(30)15-32-23-14-18-7-3-5-9-21(18)24(27-23)17-10-12-19(26)13-11-17/h2-13,24H,14-15H2,1H3,(H,28,30)(H,29,31). The lowest BCUT2D eigenvalue weighted by Crippen LogP contribution is -2.42. The van der Waals surface area contributed by atoms with E-state index in [9.17, 15) is 9.59 Å². The highest BCUT2D eigenvalue weighted by molar-refractivity contribution is 8.14. The molecule has 1 atom stereocenters. The minimum Gasteiger partial charge on any atom is -0.272 e. The molecule has 0 radical (unpaired) electrons. The molecule has 0 saturated carbocycles. The Morgan fingerprint density at radius 1 is 1.00 bits per heavy atom. The number of thioether (sulfide) groups is 1. The molecule has 2 N–H and O–H groups in total. The number of benzene rings is 3. The topological polar surface area (TPSA) is 70.6 Å². The summed E-state index contributed by atoms with van der Waals surface area (Å²) >= 11 is 7.43. The molecule has 0 aromatic heterocycles. The van der Waals surface area contributed by atoms with Crippen molar-refractivity contribution in [1.82, 2.24) is 10.9 Å². The van der Waals surface area contributed by atoms with Crippen molar-refractivity contribution >= 4 is 40.2 Å². The highest BCUT2D eigenvalue weighted by Gasteiger charge is 2.23. The van der Waals surface area contributed by atoms with Crippen LogP contribution in [-0.4, -0.2) is 22.6 Å². The lowest BCUT2D eigenvalue weighted by Gasteiger charge is -2.24. The van der Waals surface area contributed by atoms with Crippen LogP contribution >= 0.6 is 23.4 Å². The van der Waals surface area contributed by atoms with Gasteiger partial charge in [0.25, 0.3) is 5.91 Å². The van der Waals surface area contributed by atoms with E-state index < -0.39 is 0 Å². The second-order valence-corrected chi connectivity index (χ2v) is 8.94. The Hall–Kier alpha value is -3.09. The van der Waals surface area contributed by atoms with Crippen molar-refractivity contribution in [2.75, 3.05) is 5.75 Å². The summed E-state index contributed by atoms with van der Waals surface area (Å²) in [6.07, 6.45) is 0.674. The first-order valence-electron chi connectivity index (χ1n) is 10.2. The Balaban J connectivity index is 1.40. The number of aliphatic imine (C=N–C) groups is 1. The molecule has 0 fully saturated rings. The summed E-state index contributed by atoms with van der Waals surface area (Å²) in [5.41, 5.74) is 9.74. The fraction of sp³-hybridized carbons (Fsp3) is 0.160. The second-order valence-electron chi connectivity index (χ2n) is 7.46. The highest BCUT2D eigenvalue weighted by Crippen LogP contribution is 2.35. The van der Waals surface area contributed by atoms with E-state index in [1.807, 2.05) is 55.5 Å². The van der Waals surface area contributed by atoms with Crippen molar-refractivity contribution in [2.45, 2.75) is 19.4 Å². The van der Waals surface area contributed by atoms with Crippen LogP contribution < -0.4 is 10.9 Å². The summed E-state index contributed by atoms with van der Waals surface area (Å²) in [4.78, 5) is 29.5. The first kappa shape index (κ1) is 22.1. The fourth-order valence-electron chi connectivity index (χ4n) is 3.58. The summed E-state index contributed by atoms with van der Waals surface area (Å²) in [5, 5.41) is 1.56. The van der Waals surface area contributed by atoms with Crippen LogP contribution in [0.15, 0.2) is 77.8 Å². The maximum absolute atomic E-state index is 12.3. The van der Waals surface area contributed by atoms with Crippen molar-refractivity contribution in [3.05, 3.63) is 106 Å². The zero-order chi connectivity index (χ0) is 22.5. The third-order valence-electron chi connectivity index (χ3n) is 5.23. The van der Waals surface area contributed by atoms with E-state index in [0.29, 0.717) is 17.0 Å². The molecule has 1 aliphatic heterocycles. The van der Waals surface area contributed by atoms with Gasteiger partial charge in [-0.1, -0.05) is 66.2 Å². The average Bonchev–Trinajstić information content (AvgIpc) is 2.81. The zero-order valence-electron chi connectivity index (χ0n) is 17.5. The Morgan fingerprint density at radius 2 is 1.72 bits per heavy atom. The maximum atomic E-state index is 12.3. The van der Waals surface area contributed by atoms with Crippen LogP contribution in [0.25, 0.3) is 0 Å². The van der Waals surface area contributed by atoms with Gasteiger partial charge in [0, 0.05) is 17.0 Å². The van der Waals surface area contributed by atoms with Gasteiger partial charge in [-0.15, -0.1) is 11.8 Å². The van der Waals surface area contributed by atoms with Crippen LogP contribution in [0.5, 0.6) is 0 Å². The molecule has 7 heteroatoms. The van der Waals surface area contributed by atoms with Gasteiger partial charge in [0.15, 0.2) is 0 Å². The van der Waals surface area contributed by atoms with Crippen molar-refractivity contribution in [1.29, 1.82) is 0 Å². The molecule has 0 bridgehead atoms. The van der Waals surface area contributed by atoms with Gasteiger partial charge in [0.1, 0.15) is 6.04 Å². The molecule has 0 aliphatic carbocycles. The molecule has 1 aliphatic rings. The zero-order valence-corrected chi connectivity index (χ0v) is 19.0. The largest absolute Gasteiger partial charge is 0.272 e. The average molecular weight is 464 g/mol. The Morgan fingerprint density at radius 3 is 2.50 bits per heavy atom. The molecule has 3 aromatic carbocycles. The van der Waals surface area contributed by atoms with Gasteiger partial charge in [-0.2, -0.15) is 0 Å². The third kappa shape index (κ3) is 5.21. The number of carbonyl (C=O) groups is 2. The number of hydrazine groups is 1. The van der Waals surface area contributed by atoms with Crippen molar-refractivity contribution in [2.24, 2.45) is 4.99 Å². The first-order valence-corrected chi connectivity index (χ1v) is 11.5. The summed E-state index contributed by atoms with van der Waals surface area (Å²) in [6, 6.07) is 23.0. The normalized spacial score (nSPS) is 14.8. The monoisotopic (exact) mass is 463 g/mol. The van der Waals surface area contributed by atoms with Crippen LogP contribution in [0.4, 0.5) is 0 Å². The molecule has 4 rings (SSSR count). The summed E-state index contributed by atoms with van der Waals surface area (Å²) in [6.45, 7) is 1.85. The van der Waals surface area contributed by atoms with Gasteiger partial charge in [0.2, 0.25) is 5.91 Å². The smallest absolute Gasteiger partial charge is 0.269 e. The summed E-state index contributed by atoms with van der Waals surface area (Å²) < 4.78 is 0. The number of nitrogens with zero attached hydrogens (tertiary/aromatic N) is 1. The lowest BCUT2D eigenvalue weighted by molar-refractivity contribution is -0.119. The van der Waals surface area contributed by atoms with Gasteiger partial charge >= 0.3 is 0 Å². The highest BCUT2D eigenvalue weighted by atomic mass is 35.5. The molecule has 162 valence electrons. The Kier molecular flexibility index (Phi) is 6.93. The molecule has 2 amide bonds. The van der Waals surface area contributed by atoms with E-state index in [0.717, 1.165) is 21.7 Å². The van der Waals surface area contributed by atoms with Gasteiger partial charge in [-0.05, 0) is 47.4 Å². The van der Waals surface area contributed by atoms with Crippen LogP contribution in [-0.2, 0) is 11.2 Å². The van der Waals surface area contributed by atoms with E-state index in [2.05, 4.69) is 23.0 Å². The number of aryl methyl sites for hydroxylation is 1. The van der Waals surface area contributed by atoms with Gasteiger partial charge in [-0.3, -0.25) is 25.4 Å². The first-order chi connectivity index (χ1) is 15.5. The number of fused-ring (bicyclic) bond motifs is 1. The van der Waals surface area contributed by atoms with Gasteiger partial charge in [0.05, 0.1) is 10.8 Å². The van der Waals surface area contributed by atoms with E-state index in [1.165, 1.54) is 17.3 Å². The fourth-order valence-corrected chi connectivity index (χ4v) is 4.51. The van der Waals surface area contributed by atoms with Crippen molar-refractivity contribution < 1.29 is 9.59 Å². The molecule has 1 unspecified atom stereocenters. The van der Waals surface area contributed by atoms with Crippen molar-refractivity contribution in [3.8, 4) is 0 Å². The predicted molar refractivity (Wildman–Crippen MR) is 130 cm³/mol. The molecule has 0 spiro atoms. The molecule has 32 heavy (non-hydrogen) atoms. The third-order valence-corrected chi connectivity index (χ3v) is 6.47. The minimum atomic E-state index is -0.340. The predicted octanol–water partition coefficient (Wildman–Crippen LogP) is 4.89. The molecule has 5 nitrogen and oxygen atoms in total. The van der Waals surface area contributed by atoms with E-state index in [4.69, 9.17) is 16.6 Å². The quantitative estimate of drug-likeness (QED) is 0.541. The number of nitrogens with one attached hydrogen (secondary N) is 2. The van der Waals surface area contributed by atoms with Crippen molar-refractivity contribution in [3.63, 3.8) is 0 Å². The summed E-state index contributed by atoms with van der Waals surface area (Å²) in [7, 11) is 0. The molecule has 0 saturated heterocycles. The molecular formula is C25H22ClN3O2S. The maximum Gasteiger partial charge on any atom is 0.269 e. The number of hydrogen-bond donors (Lipinski definition) is 2. The number of amides is 2. The van der Waals surface area contributed by atoms with Crippen LogP contribution in [0.2, 0.25) is 5.02 Å². The van der Waals surface area contributed by atoms with E-state index in [1.54, 1.807) is 12.1 Å². The lowest BCUT2D eigenvalue weighted by atomic mass is 9.91. The molecule has 3 aromatic rings. The SMILES string of the molecule is Cc1ccccc1C(=O)NNC(=O)CSC1=NC(c2ccc(Cl)cc2)c2ccccc2C1.